The number of rotatable bonds is 3. The lowest BCUT2D eigenvalue weighted by atomic mass is 10.1. The second-order valence-corrected chi connectivity index (χ2v) is 6.74. The minimum Gasteiger partial charge on any atom is -0.444 e. The quantitative estimate of drug-likeness (QED) is 0.798. The number of benzene rings is 1. The van der Waals surface area contributed by atoms with E-state index in [2.05, 4.69) is 15.3 Å². The van der Waals surface area contributed by atoms with Crippen molar-refractivity contribution in [3.05, 3.63) is 53.5 Å². The zero-order valence-electron chi connectivity index (χ0n) is 15.3. The molecular formula is C18H16N4O6. The molecule has 2 heterocycles. The SMILES string of the molecule is CC(C)(C)OC(=O)Nc1cnc(C(=O)ON2C(=O)c3ccccc3C2=O)cn1. The van der Waals surface area contributed by atoms with E-state index in [0.717, 1.165) is 12.4 Å². The molecule has 3 rings (SSSR count). The Hall–Kier alpha value is -3.82. The summed E-state index contributed by atoms with van der Waals surface area (Å²) in [5.74, 6) is -2.49. The van der Waals surface area contributed by atoms with E-state index in [1.54, 1.807) is 32.9 Å². The highest BCUT2D eigenvalue weighted by molar-refractivity contribution is 6.21. The highest BCUT2D eigenvalue weighted by Gasteiger charge is 2.39. The Balaban J connectivity index is 1.65. The van der Waals surface area contributed by atoms with Gasteiger partial charge in [-0.1, -0.05) is 17.2 Å². The van der Waals surface area contributed by atoms with Crippen molar-refractivity contribution >= 4 is 29.7 Å². The Kier molecular flexibility index (Phi) is 4.78. The lowest BCUT2D eigenvalue weighted by Crippen LogP contribution is -2.33. The van der Waals surface area contributed by atoms with E-state index >= 15 is 0 Å². The van der Waals surface area contributed by atoms with E-state index in [1.165, 1.54) is 12.1 Å². The van der Waals surface area contributed by atoms with Gasteiger partial charge in [0.05, 0.1) is 23.5 Å². The fourth-order valence-corrected chi connectivity index (χ4v) is 2.29. The van der Waals surface area contributed by atoms with Crippen LogP contribution in [0.5, 0.6) is 0 Å². The van der Waals surface area contributed by atoms with E-state index in [4.69, 9.17) is 9.57 Å². The zero-order chi connectivity index (χ0) is 20.5. The standard InChI is InChI=1S/C18H16N4O6/c1-18(2,3)27-17(26)21-13-9-19-12(8-20-13)16(25)28-22-14(23)10-6-4-5-7-11(10)15(22)24/h4-9H,1-3H3,(H,20,21,26). The van der Waals surface area contributed by atoms with Crippen LogP contribution in [0.2, 0.25) is 0 Å². The largest absolute Gasteiger partial charge is 0.444 e. The number of ether oxygens (including phenoxy) is 1. The third-order valence-electron chi connectivity index (χ3n) is 3.42. The predicted octanol–water partition coefficient (Wildman–Crippen LogP) is 2.19. The molecule has 28 heavy (non-hydrogen) atoms. The number of amides is 3. The summed E-state index contributed by atoms with van der Waals surface area (Å²) >= 11 is 0. The molecule has 1 aromatic heterocycles. The molecule has 0 radical (unpaired) electrons. The van der Waals surface area contributed by atoms with Crippen LogP contribution in [0, 0.1) is 0 Å². The van der Waals surface area contributed by atoms with Gasteiger partial charge in [-0.2, -0.15) is 0 Å². The van der Waals surface area contributed by atoms with Crippen molar-refractivity contribution in [3.8, 4) is 0 Å². The van der Waals surface area contributed by atoms with Crippen LogP contribution in [-0.2, 0) is 9.57 Å². The maximum Gasteiger partial charge on any atom is 0.413 e. The summed E-state index contributed by atoms with van der Waals surface area (Å²) in [5.41, 5.74) is -0.661. The van der Waals surface area contributed by atoms with Crippen molar-refractivity contribution in [1.82, 2.24) is 15.0 Å². The van der Waals surface area contributed by atoms with Crippen molar-refractivity contribution in [3.63, 3.8) is 0 Å². The van der Waals surface area contributed by atoms with E-state index in [9.17, 15) is 19.2 Å². The number of fused-ring (bicyclic) bond motifs is 1. The van der Waals surface area contributed by atoms with E-state index in [1.807, 2.05) is 0 Å². The smallest absolute Gasteiger partial charge is 0.413 e. The van der Waals surface area contributed by atoms with Crippen molar-refractivity contribution in [2.45, 2.75) is 26.4 Å². The van der Waals surface area contributed by atoms with Crippen LogP contribution in [0.4, 0.5) is 10.6 Å². The Bertz CT molecular complexity index is 930. The van der Waals surface area contributed by atoms with E-state index in [0.29, 0.717) is 5.06 Å². The Labute approximate surface area is 159 Å². The first-order valence-electron chi connectivity index (χ1n) is 8.18. The molecule has 0 atom stereocenters. The number of aromatic nitrogens is 2. The van der Waals surface area contributed by atoms with Gasteiger partial charge in [0, 0.05) is 0 Å². The van der Waals surface area contributed by atoms with Gasteiger partial charge in [0.25, 0.3) is 11.8 Å². The van der Waals surface area contributed by atoms with Gasteiger partial charge in [-0.15, -0.1) is 0 Å². The van der Waals surface area contributed by atoms with E-state index in [-0.39, 0.29) is 22.6 Å². The first-order chi connectivity index (χ1) is 13.2. The number of nitrogens with zero attached hydrogens (tertiary/aromatic N) is 3. The summed E-state index contributed by atoms with van der Waals surface area (Å²) < 4.78 is 5.07. The number of hydrogen-bond donors (Lipinski definition) is 1. The fourth-order valence-electron chi connectivity index (χ4n) is 2.29. The normalized spacial score (nSPS) is 13.2. The third-order valence-corrected chi connectivity index (χ3v) is 3.42. The van der Waals surface area contributed by atoms with Crippen LogP contribution >= 0.6 is 0 Å². The third kappa shape index (κ3) is 3.95. The molecule has 10 heteroatoms. The van der Waals surface area contributed by atoms with Crippen LogP contribution in [0.25, 0.3) is 0 Å². The highest BCUT2D eigenvalue weighted by atomic mass is 16.7. The molecule has 2 aromatic rings. The molecule has 1 aromatic carbocycles. The lowest BCUT2D eigenvalue weighted by Gasteiger charge is -2.19. The van der Waals surface area contributed by atoms with Gasteiger partial charge in [-0.05, 0) is 32.9 Å². The van der Waals surface area contributed by atoms with E-state index < -0.39 is 29.5 Å². The van der Waals surface area contributed by atoms with Gasteiger partial charge in [-0.3, -0.25) is 14.9 Å². The number of carbonyl (C=O) groups is 4. The zero-order valence-corrected chi connectivity index (χ0v) is 15.3. The lowest BCUT2D eigenvalue weighted by molar-refractivity contribution is -0.0588. The highest BCUT2D eigenvalue weighted by Crippen LogP contribution is 2.23. The first kappa shape index (κ1) is 19.0. The average molecular weight is 384 g/mol. The predicted molar refractivity (Wildman–Crippen MR) is 94.2 cm³/mol. The molecule has 0 saturated carbocycles. The Morgan fingerprint density at radius 3 is 2.11 bits per heavy atom. The monoisotopic (exact) mass is 384 g/mol. The summed E-state index contributed by atoms with van der Waals surface area (Å²) in [6, 6.07) is 6.11. The minimum absolute atomic E-state index is 0.0477. The number of nitrogens with one attached hydrogen (secondary N) is 1. The second-order valence-electron chi connectivity index (χ2n) is 6.74. The van der Waals surface area contributed by atoms with Crippen molar-refractivity contribution in [2.24, 2.45) is 0 Å². The number of carbonyl (C=O) groups excluding carboxylic acids is 4. The summed E-state index contributed by atoms with van der Waals surface area (Å²) in [5, 5.41) is 2.73. The first-order valence-corrected chi connectivity index (χ1v) is 8.18. The Morgan fingerprint density at radius 2 is 1.61 bits per heavy atom. The molecule has 0 spiro atoms. The van der Waals surface area contributed by atoms with Crippen molar-refractivity contribution in [1.29, 1.82) is 0 Å². The van der Waals surface area contributed by atoms with Crippen LogP contribution in [0.3, 0.4) is 0 Å². The molecule has 0 bridgehead atoms. The summed E-state index contributed by atoms with van der Waals surface area (Å²) in [7, 11) is 0. The van der Waals surface area contributed by atoms with Gasteiger partial charge >= 0.3 is 12.1 Å². The average Bonchev–Trinajstić information content (AvgIpc) is 2.86. The molecule has 0 fully saturated rings. The maximum absolute atomic E-state index is 12.2. The molecule has 1 aliphatic rings. The number of anilines is 1. The summed E-state index contributed by atoms with van der Waals surface area (Å²) in [6.07, 6.45) is 1.42. The topological polar surface area (TPSA) is 128 Å². The van der Waals surface area contributed by atoms with Gasteiger partial charge in [0.1, 0.15) is 5.60 Å². The minimum atomic E-state index is -1.05. The molecule has 0 aliphatic carbocycles. The summed E-state index contributed by atoms with van der Waals surface area (Å²) in [4.78, 5) is 60.8. The van der Waals surface area contributed by atoms with Gasteiger partial charge < -0.3 is 9.57 Å². The summed E-state index contributed by atoms with van der Waals surface area (Å²) in [6.45, 7) is 5.11. The molecule has 0 saturated heterocycles. The van der Waals surface area contributed by atoms with Crippen LogP contribution in [0.1, 0.15) is 52.0 Å². The van der Waals surface area contributed by atoms with Gasteiger partial charge in [0.15, 0.2) is 11.5 Å². The fraction of sp³-hybridized carbons (Fsp3) is 0.222. The van der Waals surface area contributed by atoms with Crippen LogP contribution in [-0.4, -0.2) is 44.5 Å². The van der Waals surface area contributed by atoms with Gasteiger partial charge in [0.2, 0.25) is 0 Å². The number of imide groups is 1. The number of hydroxylamine groups is 2. The Morgan fingerprint density at radius 1 is 1.00 bits per heavy atom. The second kappa shape index (κ2) is 7.06. The van der Waals surface area contributed by atoms with Crippen molar-refractivity contribution < 1.29 is 28.8 Å². The maximum atomic E-state index is 12.2. The molecule has 1 N–H and O–H groups in total. The van der Waals surface area contributed by atoms with Crippen LogP contribution in [0.15, 0.2) is 36.7 Å². The molecule has 1 aliphatic heterocycles. The number of hydrogen-bond acceptors (Lipinski definition) is 8. The molecule has 144 valence electrons. The molecule has 3 amide bonds. The van der Waals surface area contributed by atoms with Crippen LogP contribution < -0.4 is 5.32 Å². The van der Waals surface area contributed by atoms with Crippen molar-refractivity contribution in [2.75, 3.05) is 5.32 Å². The molecule has 0 unspecified atom stereocenters. The van der Waals surface area contributed by atoms with Gasteiger partial charge in [-0.25, -0.2) is 19.6 Å². The molecule has 10 nitrogen and oxygen atoms in total. The molecular weight excluding hydrogens is 368 g/mol.